The predicted molar refractivity (Wildman–Crippen MR) is 77.8 cm³/mol. The standard InChI is InChI=1S/C15H14FN5O/c1-9-7-10(2)21-13(19-20-15(21)18-9)8-17-14(22)11-5-3-4-6-12(11)16/h3-7H,8H2,1-2H3,(H,17,22). The molecule has 0 radical (unpaired) electrons. The van der Waals surface area contributed by atoms with Crippen molar-refractivity contribution in [2.75, 3.05) is 0 Å². The molecule has 0 fully saturated rings. The molecule has 112 valence electrons. The van der Waals surface area contributed by atoms with Crippen molar-refractivity contribution in [2.45, 2.75) is 20.4 Å². The Morgan fingerprint density at radius 3 is 2.82 bits per heavy atom. The van der Waals surface area contributed by atoms with E-state index in [2.05, 4.69) is 20.5 Å². The Kier molecular flexibility index (Phi) is 3.54. The molecule has 6 nitrogen and oxygen atoms in total. The number of halogens is 1. The average Bonchev–Trinajstić information content (AvgIpc) is 2.88. The summed E-state index contributed by atoms with van der Waals surface area (Å²) in [4.78, 5) is 16.3. The van der Waals surface area contributed by atoms with Crippen molar-refractivity contribution in [3.05, 3.63) is 58.9 Å². The molecule has 0 aliphatic rings. The summed E-state index contributed by atoms with van der Waals surface area (Å²) >= 11 is 0. The first-order valence-electron chi connectivity index (χ1n) is 6.77. The minimum absolute atomic E-state index is 0.00186. The van der Waals surface area contributed by atoms with Gasteiger partial charge in [0.25, 0.3) is 11.7 Å². The molecule has 1 amide bonds. The molecule has 0 unspecified atom stereocenters. The number of carbonyl (C=O) groups is 1. The Bertz CT molecular complexity index is 858. The highest BCUT2D eigenvalue weighted by molar-refractivity contribution is 5.94. The van der Waals surface area contributed by atoms with Crippen LogP contribution in [0.25, 0.3) is 5.78 Å². The first-order valence-corrected chi connectivity index (χ1v) is 6.77. The Morgan fingerprint density at radius 2 is 2.05 bits per heavy atom. The summed E-state index contributed by atoms with van der Waals surface area (Å²) in [6.07, 6.45) is 0. The van der Waals surface area contributed by atoms with Gasteiger partial charge >= 0.3 is 0 Å². The van der Waals surface area contributed by atoms with E-state index >= 15 is 0 Å². The van der Waals surface area contributed by atoms with Crippen molar-refractivity contribution >= 4 is 11.7 Å². The first-order chi connectivity index (χ1) is 10.6. The second kappa shape index (κ2) is 5.51. The number of fused-ring (bicyclic) bond motifs is 1. The summed E-state index contributed by atoms with van der Waals surface area (Å²) < 4.78 is 15.3. The van der Waals surface area contributed by atoms with Crippen LogP contribution in [-0.2, 0) is 6.54 Å². The molecule has 0 aliphatic heterocycles. The van der Waals surface area contributed by atoms with E-state index in [4.69, 9.17) is 0 Å². The third-order valence-electron chi connectivity index (χ3n) is 3.29. The van der Waals surface area contributed by atoms with Crippen molar-refractivity contribution in [2.24, 2.45) is 0 Å². The summed E-state index contributed by atoms with van der Waals surface area (Å²) in [6.45, 7) is 3.93. The molecule has 0 spiro atoms. The van der Waals surface area contributed by atoms with E-state index in [0.29, 0.717) is 11.6 Å². The van der Waals surface area contributed by atoms with Gasteiger partial charge in [-0.1, -0.05) is 12.1 Å². The van der Waals surface area contributed by atoms with Crippen LogP contribution in [0.1, 0.15) is 27.6 Å². The van der Waals surface area contributed by atoms with Crippen molar-refractivity contribution in [1.29, 1.82) is 0 Å². The van der Waals surface area contributed by atoms with Crippen molar-refractivity contribution in [1.82, 2.24) is 24.9 Å². The van der Waals surface area contributed by atoms with Gasteiger partial charge in [-0.3, -0.25) is 9.20 Å². The van der Waals surface area contributed by atoms with Gasteiger partial charge in [-0.05, 0) is 32.0 Å². The lowest BCUT2D eigenvalue weighted by molar-refractivity contribution is 0.0945. The van der Waals surface area contributed by atoms with E-state index in [0.717, 1.165) is 11.4 Å². The number of aromatic nitrogens is 4. The highest BCUT2D eigenvalue weighted by Gasteiger charge is 2.13. The number of hydrogen-bond acceptors (Lipinski definition) is 4. The predicted octanol–water partition coefficient (Wildman–Crippen LogP) is 1.81. The molecule has 2 aromatic heterocycles. The van der Waals surface area contributed by atoms with Gasteiger partial charge in [0.2, 0.25) is 0 Å². The Hall–Kier alpha value is -2.83. The normalized spacial score (nSPS) is 10.9. The van der Waals surface area contributed by atoms with E-state index in [9.17, 15) is 9.18 Å². The molecular weight excluding hydrogens is 285 g/mol. The van der Waals surface area contributed by atoms with Crippen molar-refractivity contribution in [3.8, 4) is 0 Å². The second-order valence-corrected chi connectivity index (χ2v) is 4.95. The van der Waals surface area contributed by atoms with E-state index in [1.807, 2.05) is 19.9 Å². The fourth-order valence-corrected chi connectivity index (χ4v) is 2.31. The molecule has 0 aliphatic carbocycles. The van der Waals surface area contributed by atoms with Gasteiger partial charge in [0.15, 0.2) is 5.82 Å². The number of carbonyl (C=O) groups excluding carboxylic acids is 1. The van der Waals surface area contributed by atoms with Gasteiger partial charge in [0.05, 0.1) is 12.1 Å². The lowest BCUT2D eigenvalue weighted by Gasteiger charge is -2.07. The summed E-state index contributed by atoms with van der Waals surface area (Å²) in [5, 5.41) is 10.7. The molecule has 0 atom stereocenters. The molecule has 2 heterocycles. The summed E-state index contributed by atoms with van der Waals surface area (Å²) in [7, 11) is 0. The molecule has 0 saturated carbocycles. The Morgan fingerprint density at radius 1 is 1.27 bits per heavy atom. The average molecular weight is 299 g/mol. The fraction of sp³-hybridized carbons (Fsp3) is 0.200. The summed E-state index contributed by atoms with van der Waals surface area (Å²) in [5.74, 6) is -0.0236. The van der Waals surface area contributed by atoms with Gasteiger partial charge < -0.3 is 5.32 Å². The number of aryl methyl sites for hydroxylation is 2. The zero-order valence-electron chi connectivity index (χ0n) is 12.2. The van der Waals surface area contributed by atoms with Gasteiger partial charge in [0, 0.05) is 11.4 Å². The minimum Gasteiger partial charge on any atom is -0.345 e. The number of benzene rings is 1. The number of nitrogens with one attached hydrogen (secondary N) is 1. The molecule has 22 heavy (non-hydrogen) atoms. The Balaban J connectivity index is 1.83. The van der Waals surface area contributed by atoms with Crippen molar-refractivity contribution in [3.63, 3.8) is 0 Å². The largest absolute Gasteiger partial charge is 0.345 e. The number of hydrogen-bond donors (Lipinski definition) is 1. The van der Waals surface area contributed by atoms with E-state index in [1.54, 1.807) is 10.5 Å². The minimum atomic E-state index is -0.556. The maximum Gasteiger partial charge on any atom is 0.255 e. The monoisotopic (exact) mass is 299 g/mol. The van der Waals surface area contributed by atoms with Crippen LogP contribution >= 0.6 is 0 Å². The molecule has 1 N–H and O–H groups in total. The van der Waals surface area contributed by atoms with Gasteiger partial charge in [0.1, 0.15) is 5.82 Å². The summed E-state index contributed by atoms with van der Waals surface area (Å²) in [6, 6.07) is 7.73. The van der Waals surface area contributed by atoms with Crippen LogP contribution < -0.4 is 5.32 Å². The topological polar surface area (TPSA) is 72.2 Å². The number of amides is 1. The lowest BCUT2D eigenvalue weighted by atomic mass is 10.2. The molecule has 3 rings (SSSR count). The van der Waals surface area contributed by atoms with Gasteiger partial charge in [-0.2, -0.15) is 0 Å². The summed E-state index contributed by atoms with van der Waals surface area (Å²) in [5.41, 5.74) is 1.77. The number of nitrogens with zero attached hydrogens (tertiary/aromatic N) is 4. The van der Waals surface area contributed by atoms with Crippen LogP contribution in [0.2, 0.25) is 0 Å². The van der Waals surface area contributed by atoms with Crippen LogP contribution in [-0.4, -0.2) is 25.5 Å². The quantitative estimate of drug-likeness (QED) is 0.800. The highest BCUT2D eigenvalue weighted by atomic mass is 19.1. The molecule has 1 aromatic carbocycles. The Labute approximate surface area is 126 Å². The smallest absolute Gasteiger partial charge is 0.255 e. The molecular formula is C15H14FN5O. The molecule has 7 heteroatoms. The SMILES string of the molecule is Cc1cc(C)n2c(CNC(=O)c3ccccc3F)nnc2n1. The van der Waals surface area contributed by atoms with E-state index < -0.39 is 11.7 Å². The highest BCUT2D eigenvalue weighted by Crippen LogP contribution is 2.09. The molecule has 0 bridgehead atoms. The van der Waals surface area contributed by atoms with Crippen LogP contribution in [0.15, 0.2) is 30.3 Å². The van der Waals surface area contributed by atoms with Crippen molar-refractivity contribution < 1.29 is 9.18 Å². The van der Waals surface area contributed by atoms with E-state index in [-0.39, 0.29) is 12.1 Å². The van der Waals surface area contributed by atoms with Crippen LogP contribution in [0.5, 0.6) is 0 Å². The maximum atomic E-state index is 13.6. The van der Waals surface area contributed by atoms with E-state index in [1.165, 1.54) is 18.2 Å². The van der Waals surface area contributed by atoms with Crippen LogP contribution in [0, 0.1) is 19.7 Å². The molecule has 0 saturated heterocycles. The fourth-order valence-electron chi connectivity index (χ4n) is 2.31. The third kappa shape index (κ3) is 2.52. The second-order valence-electron chi connectivity index (χ2n) is 4.95. The zero-order chi connectivity index (χ0) is 15.7. The van der Waals surface area contributed by atoms with Gasteiger partial charge in [-0.25, -0.2) is 9.37 Å². The van der Waals surface area contributed by atoms with Gasteiger partial charge in [-0.15, -0.1) is 10.2 Å². The lowest BCUT2D eigenvalue weighted by Crippen LogP contribution is -2.25. The maximum absolute atomic E-state index is 13.6. The zero-order valence-corrected chi connectivity index (χ0v) is 12.2. The molecule has 3 aromatic rings. The van der Waals surface area contributed by atoms with Crippen LogP contribution in [0.3, 0.4) is 0 Å². The van der Waals surface area contributed by atoms with Crippen LogP contribution in [0.4, 0.5) is 4.39 Å². The third-order valence-corrected chi connectivity index (χ3v) is 3.29. The first kappa shape index (κ1) is 14.1. The number of rotatable bonds is 3.